The predicted octanol–water partition coefficient (Wildman–Crippen LogP) is 1.27. The third-order valence-electron chi connectivity index (χ3n) is 2.20. The molecule has 3 nitrogen and oxygen atoms in total. The average Bonchev–Trinajstić information content (AvgIpc) is 2.69. The highest BCUT2D eigenvalue weighted by Gasteiger charge is 2.24. The molecular weight excluding hydrogens is 266 g/mol. The van der Waals surface area contributed by atoms with E-state index < -0.39 is 0 Å². The van der Waals surface area contributed by atoms with Crippen molar-refractivity contribution in [2.45, 2.75) is 12.5 Å². The minimum atomic E-state index is 0.0955. The second-order valence-electron chi connectivity index (χ2n) is 3.38. The van der Waals surface area contributed by atoms with Crippen LogP contribution in [0.15, 0.2) is 0 Å². The molecule has 0 aromatic carbocycles. The minimum Gasteiger partial charge on any atom is -0.383 e. The van der Waals surface area contributed by atoms with Crippen LogP contribution in [-0.4, -0.2) is 42.5 Å². The van der Waals surface area contributed by atoms with Crippen molar-refractivity contribution in [3.8, 4) is 0 Å². The van der Waals surface area contributed by atoms with Gasteiger partial charge in [0.25, 0.3) is 0 Å². The van der Waals surface area contributed by atoms with Crippen molar-refractivity contribution in [1.29, 1.82) is 0 Å². The highest BCUT2D eigenvalue weighted by Crippen LogP contribution is 2.23. The summed E-state index contributed by atoms with van der Waals surface area (Å²) < 4.78 is 5.01. The van der Waals surface area contributed by atoms with E-state index in [1.165, 1.54) is 0 Å². The van der Waals surface area contributed by atoms with E-state index in [2.05, 4.69) is 21.2 Å². The van der Waals surface area contributed by atoms with Crippen LogP contribution in [0.3, 0.4) is 0 Å². The fourth-order valence-electron chi connectivity index (χ4n) is 1.39. The van der Waals surface area contributed by atoms with E-state index >= 15 is 0 Å². The number of rotatable bonds is 5. The zero-order valence-corrected chi connectivity index (χ0v) is 10.7. The minimum absolute atomic E-state index is 0.0955. The van der Waals surface area contributed by atoms with Gasteiger partial charge in [-0.25, -0.2) is 0 Å². The van der Waals surface area contributed by atoms with E-state index in [0.717, 1.165) is 23.3 Å². The SMILES string of the molecule is COCC(CBr)NC(=O)C1CCSC1. The first-order valence-electron chi connectivity index (χ1n) is 4.71. The number of carbonyl (C=O) groups excluding carboxylic acids is 1. The fourth-order valence-corrected chi connectivity index (χ4v) is 2.96. The van der Waals surface area contributed by atoms with Gasteiger partial charge in [-0.05, 0) is 12.2 Å². The van der Waals surface area contributed by atoms with Gasteiger partial charge in [0.05, 0.1) is 12.6 Å². The molecule has 1 saturated heterocycles. The van der Waals surface area contributed by atoms with Crippen LogP contribution in [0.5, 0.6) is 0 Å². The Morgan fingerprint density at radius 3 is 3.07 bits per heavy atom. The number of halogens is 1. The second-order valence-corrected chi connectivity index (χ2v) is 5.17. The van der Waals surface area contributed by atoms with E-state index in [9.17, 15) is 4.79 Å². The Morgan fingerprint density at radius 1 is 1.79 bits per heavy atom. The number of nitrogens with one attached hydrogen (secondary N) is 1. The monoisotopic (exact) mass is 281 g/mol. The summed E-state index contributed by atoms with van der Waals surface area (Å²) in [6.45, 7) is 0.566. The van der Waals surface area contributed by atoms with Crippen LogP contribution in [0.2, 0.25) is 0 Å². The summed E-state index contributed by atoms with van der Waals surface area (Å²) in [5.41, 5.74) is 0. The first kappa shape index (κ1) is 12.3. The first-order valence-corrected chi connectivity index (χ1v) is 6.98. The summed E-state index contributed by atoms with van der Waals surface area (Å²) in [5.74, 6) is 2.46. The van der Waals surface area contributed by atoms with Crippen molar-refractivity contribution in [2.75, 3.05) is 30.6 Å². The molecule has 1 aliphatic heterocycles. The second kappa shape index (κ2) is 6.69. The van der Waals surface area contributed by atoms with Crippen molar-refractivity contribution in [2.24, 2.45) is 5.92 Å². The molecule has 0 aromatic heterocycles. The van der Waals surface area contributed by atoms with Crippen LogP contribution in [0.4, 0.5) is 0 Å². The predicted molar refractivity (Wildman–Crippen MR) is 63.0 cm³/mol. The number of hydrogen-bond donors (Lipinski definition) is 1. The Bertz CT molecular complexity index is 186. The average molecular weight is 282 g/mol. The maximum Gasteiger partial charge on any atom is 0.224 e. The van der Waals surface area contributed by atoms with Crippen molar-refractivity contribution in [1.82, 2.24) is 5.32 Å². The molecule has 14 heavy (non-hydrogen) atoms. The summed E-state index contributed by atoms with van der Waals surface area (Å²) in [7, 11) is 1.65. The highest BCUT2D eigenvalue weighted by molar-refractivity contribution is 9.09. The summed E-state index contributed by atoms with van der Waals surface area (Å²) in [6.07, 6.45) is 1.01. The molecule has 2 unspecified atom stereocenters. The van der Waals surface area contributed by atoms with Crippen LogP contribution in [0, 0.1) is 5.92 Å². The number of ether oxygens (including phenoxy) is 1. The Morgan fingerprint density at radius 2 is 2.57 bits per heavy atom. The molecule has 1 aliphatic rings. The van der Waals surface area contributed by atoms with E-state index in [4.69, 9.17) is 4.74 Å². The van der Waals surface area contributed by atoms with Crippen LogP contribution in [0.25, 0.3) is 0 Å². The molecule has 1 N–H and O–H groups in total. The molecule has 0 aromatic rings. The van der Waals surface area contributed by atoms with Gasteiger partial charge in [0.2, 0.25) is 5.91 Å². The van der Waals surface area contributed by atoms with Crippen molar-refractivity contribution in [3.05, 3.63) is 0 Å². The van der Waals surface area contributed by atoms with Crippen LogP contribution < -0.4 is 5.32 Å². The third-order valence-corrected chi connectivity index (χ3v) is 4.14. The molecule has 0 aliphatic carbocycles. The Kier molecular flexibility index (Phi) is 5.89. The van der Waals surface area contributed by atoms with E-state index in [1.54, 1.807) is 7.11 Å². The van der Waals surface area contributed by atoms with Crippen molar-refractivity contribution in [3.63, 3.8) is 0 Å². The van der Waals surface area contributed by atoms with Crippen molar-refractivity contribution >= 4 is 33.6 Å². The van der Waals surface area contributed by atoms with E-state index in [-0.39, 0.29) is 17.9 Å². The van der Waals surface area contributed by atoms with Gasteiger partial charge in [-0.2, -0.15) is 11.8 Å². The fraction of sp³-hybridized carbons (Fsp3) is 0.889. The maximum absolute atomic E-state index is 11.7. The number of alkyl halides is 1. The first-order chi connectivity index (χ1) is 6.77. The lowest BCUT2D eigenvalue weighted by atomic mass is 10.1. The van der Waals surface area contributed by atoms with Gasteiger partial charge in [0.1, 0.15) is 0 Å². The number of amides is 1. The molecule has 0 saturated carbocycles. The molecule has 1 rings (SSSR count). The van der Waals surface area contributed by atoms with Gasteiger partial charge >= 0.3 is 0 Å². The Balaban J connectivity index is 2.29. The standard InChI is InChI=1S/C9H16BrNO2S/c1-13-5-8(4-10)11-9(12)7-2-3-14-6-7/h7-8H,2-6H2,1H3,(H,11,12). The smallest absolute Gasteiger partial charge is 0.224 e. The quantitative estimate of drug-likeness (QED) is 0.772. The third kappa shape index (κ3) is 3.79. The summed E-state index contributed by atoms with van der Waals surface area (Å²) in [4.78, 5) is 11.7. The normalized spacial score (nSPS) is 23.4. The zero-order chi connectivity index (χ0) is 10.4. The van der Waals surface area contributed by atoms with Gasteiger partial charge in [-0.15, -0.1) is 0 Å². The number of methoxy groups -OCH3 is 1. The van der Waals surface area contributed by atoms with Gasteiger partial charge in [-0.1, -0.05) is 15.9 Å². The largest absolute Gasteiger partial charge is 0.383 e. The molecule has 0 spiro atoms. The van der Waals surface area contributed by atoms with Gasteiger partial charge in [-0.3, -0.25) is 4.79 Å². The molecule has 1 amide bonds. The van der Waals surface area contributed by atoms with Crippen LogP contribution in [0.1, 0.15) is 6.42 Å². The topological polar surface area (TPSA) is 38.3 Å². The molecule has 82 valence electrons. The zero-order valence-electron chi connectivity index (χ0n) is 8.29. The molecule has 0 bridgehead atoms. The van der Waals surface area contributed by atoms with Gasteiger partial charge in [0.15, 0.2) is 0 Å². The molecule has 2 atom stereocenters. The highest BCUT2D eigenvalue weighted by atomic mass is 79.9. The molecule has 5 heteroatoms. The van der Waals surface area contributed by atoms with Crippen LogP contribution >= 0.6 is 27.7 Å². The summed E-state index contributed by atoms with van der Waals surface area (Å²) >= 11 is 5.21. The van der Waals surface area contributed by atoms with Crippen LogP contribution in [-0.2, 0) is 9.53 Å². The number of carbonyl (C=O) groups is 1. The van der Waals surface area contributed by atoms with Crippen molar-refractivity contribution < 1.29 is 9.53 Å². The number of hydrogen-bond acceptors (Lipinski definition) is 3. The molecule has 1 fully saturated rings. The lowest BCUT2D eigenvalue weighted by Gasteiger charge is -2.17. The lowest BCUT2D eigenvalue weighted by molar-refractivity contribution is -0.125. The van der Waals surface area contributed by atoms with E-state index in [0.29, 0.717) is 6.61 Å². The lowest BCUT2D eigenvalue weighted by Crippen LogP contribution is -2.42. The van der Waals surface area contributed by atoms with E-state index in [1.807, 2.05) is 11.8 Å². The number of thioether (sulfide) groups is 1. The molecule has 1 heterocycles. The molecule has 0 radical (unpaired) electrons. The summed E-state index contributed by atoms with van der Waals surface area (Å²) in [6, 6.07) is 0.0955. The molecular formula is C9H16BrNO2S. The van der Waals surface area contributed by atoms with Gasteiger partial charge < -0.3 is 10.1 Å². The maximum atomic E-state index is 11.7. The Labute approximate surface area is 97.5 Å². The van der Waals surface area contributed by atoms with Gasteiger partial charge in [0, 0.05) is 24.1 Å². The Hall–Kier alpha value is 0.260. The summed E-state index contributed by atoms with van der Waals surface area (Å²) in [5, 5.41) is 3.73.